The predicted octanol–water partition coefficient (Wildman–Crippen LogP) is 13.1. The van der Waals surface area contributed by atoms with Gasteiger partial charge in [0.1, 0.15) is 13.2 Å². The minimum atomic E-state index is -4.58. The highest BCUT2D eigenvalue weighted by atomic mass is 31.2. The van der Waals surface area contributed by atoms with E-state index in [2.05, 4.69) is 129 Å². The number of phosphoric ester groups is 1. The van der Waals surface area contributed by atoms with Gasteiger partial charge in [-0.15, -0.1) is 0 Å². The summed E-state index contributed by atoms with van der Waals surface area (Å²) in [6.45, 7) is 4.51. The van der Waals surface area contributed by atoms with E-state index in [1.54, 1.807) is 0 Å². The molecule has 0 bridgehead atoms. The Bertz CT molecular complexity index is 1350. The SMILES string of the molecule is CC/C=C\C/C=C\C/C=C\C/C=C\C/C=C\C/C=C\C/C=C\C/C=C\C/C=C\CCCC(=O)NC(COP(=O)([O-])OCC[N+](C)(C)C)C(O)CCCCCCCCCCCC. The maximum atomic E-state index is 12.8. The number of nitrogens with zero attached hydrogens (tertiary/aromatic N) is 1. The molecule has 0 radical (unpaired) electrons. The van der Waals surface area contributed by atoms with E-state index in [0.717, 1.165) is 83.5 Å². The number of aliphatic hydroxyl groups excluding tert-OH is 1. The Hall–Kier alpha value is -2.84. The summed E-state index contributed by atoms with van der Waals surface area (Å²) >= 11 is 0. The first-order valence-corrected chi connectivity index (χ1v) is 25.2. The number of carbonyl (C=O) groups excluding carboxylic acids is 1. The smallest absolute Gasteiger partial charge is 0.268 e. The molecule has 0 saturated heterocycles. The van der Waals surface area contributed by atoms with Crippen molar-refractivity contribution in [2.75, 3.05) is 40.9 Å². The highest BCUT2D eigenvalue weighted by Crippen LogP contribution is 2.38. The molecule has 0 aliphatic heterocycles. The Kier molecular flexibility index (Phi) is 40.5. The third-order valence-corrected chi connectivity index (χ3v) is 10.7. The Balaban J connectivity index is 4.36. The summed E-state index contributed by atoms with van der Waals surface area (Å²) in [5.41, 5.74) is 0. The summed E-state index contributed by atoms with van der Waals surface area (Å²) in [6, 6.07) is -0.837. The average molecular weight is 869 g/mol. The molecule has 3 atom stereocenters. The fourth-order valence-electron chi connectivity index (χ4n) is 6.04. The lowest BCUT2D eigenvalue weighted by molar-refractivity contribution is -0.870. The van der Waals surface area contributed by atoms with Crippen LogP contribution >= 0.6 is 7.82 Å². The quantitative estimate of drug-likeness (QED) is 0.0274. The maximum absolute atomic E-state index is 12.8. The number of carbonyl (C=O) groups is 1. The van der Waals surface area contributed by atoms with Crippen molar-refractivity contribution in [2.24, 2.45) is 0 Å². The monoisotopic (exact) mass is 869 g/mol. The molecule has 8 nitrogen and oxygen atoms in total. The topological polar surface area (TPSA) is 108 Å². The van der Waals surface area contributed by atoms with Crippen LogP contribution < -0.4 is 10.2 Å². The molecule has 0 heterocycles. The molecule has 3 unspecified atom stereocenters. The van der Waals surface area contributed by atoms with Crippen molar-refractivity contribution in [1.82, 2.24) is 5.32 Å². The second-order valence-electron chi connectivity index (χ2n) is 16.7. The van der Waals surface area contributed by atoms with Crippen molar-refractivity contribution < 1.29 is 32.9 Å². The summed E-state index contributed by atoms with van der Waals surface area (Å²) in [5.74, 6) is -0.230. The predicted molar refractivity (Wildman–Crippen MR) is 260 cm³/mol. The van der Waals surface area contributed by atoms with E-state index in [9.17, 15) is 19.4 Å². The standard InChI is InChI=1S/C52H89N2O6P/c1-6-8-10-12-14-16-18-19-20-21-22-23-24-25-26-27-28-29-30-31-32-33-34-35-36-38-40-42-44-46-52(56)53-50(49-60-61(57,58)59-48-47-54(3,4)5)51(55)45-43-41-39-37-17-15-13-11-9-7-2/h8,10,14,16,19-20,22-23,25-26,28-29,31-32,34-35,38,40,50-51,55H,6-7,9,11-13,15,17-18,21,24,27,30,33,36-37,39,41-49H2,1-5H3,(H-,53,56,57,58)/b10-8-,16-14-,20-19-,23-22-,26-25-,29-28-,32-31-,35-34-,40-38-. The number of unbranched alkanes of at least 4 members (excludes halogenated alkanes) is 10. The minimum absolute atomic E-state index is 0.00541. The van der Waals surface area contributed by atoms with E-state index in [0.29, 0.717) is 23.9 Å². The van der Waals surface area contributed by atoms with Crippen LogP contribution in [0.4, 0.5) is 0 Å². The van der Waals surface area contributed by atoms with Gasteiger partial charge >= 0.3 is 0 Å². The van der Waals surface area contributed by atoms with Crippen LogP contribution in [-0.2, 0) is 18.4 Å². The number of quaternary nitrogens is 1. The van der Waals surface area contributed by atoms with E-state index < -0.39 is 20.0 Å². The van der Waals surface area contributed by atoms with Gasteiger partial charge in [0.2, 0.25) is 5.91 Å². The highest BCUT2D eigenvalue weighted by molar-refractivity contribution is 7.45. The molecule has 0 saturated carbocycles. The molecule has 0 aliphatic carbocycles. The summed E-state index contributed by atoms with van der Waals surface area (Å²) < 4.78 is 23.2. The zero-order chi connectivity index (χ0) is 45.0. The van der Waals surface area contributed by atoms with E-state index in [4.69, 9.17) is 9.05 Å². The second kappa shape index (κ2) is 42.5. The van der Waals surface area contributed by atoms with Gasteiger partial charge in [-0.25, -0.2) is 0 Å². The van der Waals surface area contributed by atoms with Crippen LogP contribution in [0.3, 0.4) is 0 Å². The molecule has 0 aromatic rings. The Morgan fingerprint density at radius 3 is 1.39 bits per heavy atom. The average Bonchev–Trinajstić information content (AvgIpc) is 3.21. The van der Waals surface area contributed by atoms with Crippen LogP contribution in [0.2, 0.25) is 0 Å². The summed E-state index contributed by atoms with van der Waals surface area (Å²) in [7, 11) is 1.24. The van der Waals surface area contributed by atoms with Crippen LogP contribution in [0, 0.1) is 0 Å². The lowest BCUT2D eigenvalue weighted by atomic mass is 10.0. The van der Waals surface area contributed by atoms with Crippen molar-refractivity contribution in [3.63, 3.8) is 0 Å². The molecule has 2 N–H and O–H groups in total. The number of aliphatic hydroxyl groups is 1. The number of hydrogen-bond donors (Lipinski definition) is 2. The summed E-state index contributed by atoms with van der Waals surface area (Å²) in [5, 5.41) is 13.8. The van der Waals surface area contributed by atoms with Crippen molar-refractivity contribution >= 4 is 13.7 Å². The lowest BCUT2D eigenvalue weighted by Crippen LogP contribution is -2.46. The number of hydrogen-bond acceptors (Lipinski definition) is 6. The first-order valence-electron chi connectivity index (χ1n) is 23.7. The van der Waals surface area contributed by atoms with Crippen LogP contribution in [0.25, 0.3) is 0 Å². The van der Waals surface area contributed by atoms with Crippen molar-refractivity contribution in [3.8, 4) is 0 Å². The zero-order valence-electron chi connectivity index (χ0n) is 39.3. The number of nitrogens with one attached hydrogen (secondary N) is 1. The van der Waals surface area contributed by atoms with Crippen LogP contribution in [0.5, 0.6) is 0 Å². The van der Waals surface area contributed by atoms with E-state index >= 15 is 0 Å². The minimum Gasteiger partial charge on any atom is -0.756 e. The van der Waals surface area contributed by atoms with Gasteiger partial charge in [-0.3, -0.25) is 9.36 Å². The van der Waals surface area contributed by atoms with Crippen LogP contribution in [-0.4, -0.2) is 68.5 Å². The molecule has 1 amide bonds. The zero-order valence-corrected chi connectivity index (χ0v) is 40.2. The molecular formula is C52H89N2O6P. The van der Waals surface area contributed by atoms with Crippen molar-refractivity contribution in [3.05, 3.63) is 109 Å². The van der Waals surface area contributed by atoms with Crippen molar-refractivity contribution in [1.29, 1.82) is 0 Å². The lowest BCUT2D eigenvalue weighted by Gasteiger charge is -2.30. The molecule has 348 valence electrons. The van der Waals surface area contributed by atoms with E-state index in [1.807, 2.05) is 21.1 Å². The molecule has 61 heavy (non-hydrogen) atoms. The Morgan fingerprint density at radius 2 is 0.984 bits per heavy atom. The van der Waals surface area contributed by atoms with Gasteiger partial charge < -0.3 is 28.8 Å². The van der Waals surface area contributed by atoms with Gasteiger partial charge in [-0.1, -0.05) is 187 Å². The Morgan fingerprint density at radius 1 is 0.590 bits per heavy atom. The molecule has 9 heteroatoms. The fraction of sp³-hybridized carbons (Fsp3) is 0.635. The number of phosphoric acid groups is 1. The number of allylic oxidation sites excluding steroid dienone is 18. The third kappa shape index (κ3) is 45.0. The van der Waals surface area contributed by atoms with Gasteiger partial charge in [0.25, 0.3) is 7.82 Å². The van der Waals surface area contributed by atoms with Crippen molar-refractivity contribution in [2.45, 2.75) is 174 Å². The molecule has 0 spiro atoms. The molecule has 0 fully saturated rings. The molecular weight excluding hydrogens is 780 g/mol. The van der Waals surface area contributed by atoms with Gasteiger partial charge in [0.05, 0.1) is 39.9 Å². The van der Waals surface area contributed by atoms with Gasteiger partial charge in [-0.05, 0) is 77.0 Å². The molecule has 0 aromatic heterocycles. The first-order chi connectivity index (χ1) is 29.5. The normalized spacial score (nSPS) is 15.2. The summed E-state index contributed by atoms with van der Waals surface area (Å²) in [4.78, 5) is 25.3. The number of rotatable bonds is 41. The second-order valence-corrected chi connectivity index (χ2v) is 18.1. The summed E-state index contributed by atoms with van der Waals surface area (Å²) in [6.07, 6.45) is 61.2. The van der Waals surface area contributed by atoms with E-state index in [1.165, 1.54) is 44.9 Å². The van der Waals surface area contributed by atoms with Gasteiger partial charge in [0.15, 0.2) is 0 Å². The Labute approximate surface area is 374 Å². The molecule has 0 rings (SSSR count). The van der Waals surface area contributed by atoms with Gasteiger partial charge in [-0.2, -0.15) is 0 Å². The first kappa shape index (κ1) is 58.2. The number of likely N-dealkylation sites (N-methyl/N-ethyl adjacent to an activating group) is 1. The fourth-order valence-corrected chi connectivity index (χ4v) is 6.76. The third-order valence-electron chi connectivity index (χ3n) is 9.78. The molecule has 0 aromatic carbocycles. The van der Waals surface area contributed by atoms with Crippen LogP contribution in [0.15, 0.2) is 109 Å². The maximum Gasteiger partial charge on any atom is 0.268 e. The highest BCUT2D eigenvalue weighted by Gasteiger charge is 2.24. The molecule has 0 aliphatic rings. The largest absolute Gasteiger partial charge is 0.756 e. The van der Waals surface area contributed by atoms with Crippen LogP contribution in [0.1, 0.15) is 162 Å². The van der Waals surface area contributed by atoms with Gasteiger partial charge in [0, 0.05) is 6.42 Å². The number of amides is 1. The van der Waals surface area contributed by atoms with E-state index in [-0.39, 0.29) is 25.5 Å².